The van der Waals surface area contributed by atoms with Crippen molar-refractivity contribution in [3.8, 4) is 5.75 Å². The van der Waals surface area contributed by atoms with Crippen LogP contribution in [-0.2, 0) is 9.16 Å². The lowest BCUT2D eigenvalue weighted by molar-refractivity contribution is 0.0439. The van der Waals surface area contributed by atoms with Crippen molar-refractivity contribution >= 4 is 22.6 Å². The minimum absolute atomic E-state index is 0.0566. The molecule has 0 saturated heterocycles. The number of rotatable bonds is 7. The third-order valence-corrected chi connectivity index (χ3v) is 14.7. The van der Waals surface area contributed by atoms with Crippen LogP contribution in [-0.4, -0.2) is 35.8 Å². The molecule has 0 N–H and O–H groups in total. The summed E-state index contributed by atoms with van der Waals surface area (Å²) < 4.78 is 17.9. The van der Waals surface area contributed by atoms with Gasteiger partial charge in [-0.25, -0.2) is 4.79 Å². The number of hydrogen-bond acceptors (Lipinski definition) is 4. The molecular formula is C21H38O4Si2. The van der Waals surface area contributed by atoms with Crippen molar-refractivity contribution in [2.45, 2.75) is 77.8 Å². The molecule has 0 atom stereocenters. The fourth-order valence-electron chi connectivity index (χ4n) is 1.88. The van der Waals surface area contributed by atoms with Crippen molar-refractivity contribution in [3.63, 3.8) is 0 Å². The van der Waals surface area contributed by atoms with Gasteiger partial charge in [0.2, 0.25) is 0 Å². The quantitative estimate of drug-likeness (QED) is 0.303. The van der Waals surface area contributed by atoms with Crippen molar-refractivity contribution in [2.75, 3.05) is 13.2 Å². The molecular weight excluding hydrogens is 372 g/mol. The molecule has 0 unspecified atom stereocenters. The molecule has 1 rings (SSSR count). The Morgan fingerprint density at radius 3 is 1.89 bits per heavy atom. The molecule has 4 nitrogen and oxygen atoms in total. The predicted molar refractivity (Wildman–Crippen MR) is 118 cm³/mol. The molecule has 0 radical (unpaired) electrons. The highest BCUT2D eigenvalue weighted by atomic mass is 28.4. The summed E-state index contributed by atoms with van der Waals surface area (Å²) >= 11 is 0. The zero-order chi connectivity index (χ0) is 21.1. The van der Waals surface area contributed by atoms with Gasteiger partial charge in [0.1, 0.15) is 17.9 Å². The molecule has 0 spiro atoms. The lowest BCUT2D eigenvalue weighted by Crippen LogP contribution is -2.44. The van der Waals surface area contributed by atoms with Gasteiger partial charge in [-0.15, -0.1) is 0 Å². The number of carbonyl (C=O) groups is 1. The van der Waals surface area contributed by atoms with E-state index in [0.717, 1.165) is 0 Å². The van der Waals surface area contributed by atoms with Gasteiger partial charge in [0.25, 0.3) is 8.32 Å². The van der Waals surface area contributed by atoms with Crippen LogP contribution in [0.25, 0.3) is 0 Å². The van der Waals surface area contributed by atoms with Gasteiger partial charge < -0.3 is 13.6 Å². The first kappa shape index (κ1) is 23.9. The molecule has 27 heavy (non-hydrogen) atoms. The van der Waals surface area contributed by atoms with E-state index in [1.165, 1.54) is 0 Å². The second kappa shape index (κ2) is 8.49. The van der Waals surface area contributed by atoms with Crippen molar-refractivity contribution in [3.05, 3.63) is 29.8 Å². The van der Waals surface area contributed by atoms with Gasteiger partial charge in [0.05, 0.1) is 6.61 Å². The summed E-state index contributed by atoms with van der Waals surface area (Å²) in [5.74, 6) is 0.252. The Morgan fingerprint density at radius 2 is 1.37 bits per heavy atom. The first-order valence-corrected chi connectivity index (χ1v) is 15.5. The molecule has 1 aromatic rings. The largest absolute Gasteiger partial charge is 0.543 e. The number of benzene rings is 1. The first-order valence-electron chi connectivity index (χ1n) is 9.68. The average Bonchev–Trinajstić information content (AvgIpc) is 2.49. The summed E-state index contributed by atoms with van der Waals surface area (Å²) in [7, 11) is -3.86. The molecule has 0 heterocycles. The van der Waals surface area contributed by atoms with E-state index < -0.39 is 16.6 Å². The summed E-state index contributed by atoms with van der Waals surface area (Å²) in [4.78, 5) is 12.6. The molecule has 0 amide bonds. The molecule has 0 aliphatic carbocycles. The predicted octanol–water partition coefficient (Wildman–Crippen LogP) is 6.25. The molecule has 1 aromatic carbocycles. The SMILES string of the molecule is CC(C)(C)[Si](C)(C)OCCOC(=O)c1ccccc1O[Si](C)(C)C(C)(C)C. The van der Waals surface area contributed by atoms with E-state index in [2.05, 4.69) is 67.7 Å². The Kier molecular flexibility index (Phi) is 7.52. The van der Waals surface area contributed by atoms with Gasteiger partial charge in [-0.05, 0) is 48.4 Å². The molecule has 0 aromatic heterocycles. The normalized spacial score (nSPS) is 13.4. The fourth-order valence-corrected chi connectivity index (χ4v) is 3.94. The minimum atomic E-state index is -2.03. The van der Waals surface area contributed by atoms with E-state index in [1.54, 1.807) is 6.07 Å². The smallest absolute Gasteiger partial charge is 0.341 e. The number of ether oxygens (including phenoxy) is 1. The van der Waals surface area contributed by atoms with Gasteiger partial charge in [0, 0.05) is 0 Å². The van der Waals surface area contributed by atoms with Crippen LogP contribution >= 0.6 is 0 Å². The maximum absolute atomic E-state index is 12.6. The molecule has 0 saturated carbocycles. The van der Waals surface area contributed by atoms with E-state index in [0.29, 0.717) is 17.9 Å². The third-order valence-electron chi connectivity index (χ3n) is 5.86. The van der Waals surface area contributed by atoms with Gasteiger partial charge in [-0.1, -0.05) is 53.7 Å². The van der Waals surface area contributed by atoms with Gasteiger partial charge in [-0.3, -0.25) is 0 Å². The highest BCUT2D eigenvalue weighted by Gasteiger charge is 2.40. The summed E-state index contributed by atoms with van der Waals surface area (Å²) in [5.41, 5.74) is 0.481. The molecule has 0 bridgehead atoms. The maximum Gasteiger partial charge on any atom is 0.341 e. The van der Waals surface area contributed by atoms with Crippen LogP contribution in [0.5, 0.6) is 5.75 Å². The Hall–Kier alpha value is -1.12. The zero-order valence-corrected chi connectivity index (χ0v) is 20.9. The van der Waals surface area contributed by atoms with Crippen LogP contribution in [0.4, 0.5) is 0 Å². The van der Waals surface area contributed by atoms with Crippen molar-refractivity contribution in [1.82, 2.24) is 0 Å². The van der Waals surface area contributed by atoms with Crippen LogP contribution in [0, 0.1) is 0 Å². The fraction of sp³-hybridized carbons (Fsp3) is 0.667. The highest BCUT2D eigenvalue weighted by Crippen LogP contribution is 2.38. The average molecular weight is 411 g/mol. The van der Waals surface area contributed by atoms with Gasteiger partial charge >= 0.3 is 5.97 Å². The lowest BCUT2D eigenvalue weighted by atomic mass is 10.2. The lowest BCUT2D eigenvalue weighted by Gasteiger charge is -2.37. The second-order valence-corrected chi connectivity index (χ2v) is 19.6. The first-order chi connectivity index (χ1) is 12.1. The van der Waals surface area contributed by atoms with Gasteiger partial charge in [-0.2, -0.15) is 0 Å². The summed E-state index contributed by atoms with van der Waals surface area (Å²) in [5, 5.41) is 0.196. The Bertz CT molecular complexity index is 640. The third kappa shape index (κ3) is 6.47. The molecule has 6 heteroatoms. The summed E-state index contributed by atoms with van der Waals surface area (Å²) in [6, 6.07) is 7.34. The van der Waals surface area contributed by atoms with Crippen molar-refractivity contribution in [2.24, 2.45) is 0 Å². The van der Waals surface area contributed by atoms with Crippen molar-refractivity contribution < 1.29 is 18.4 Å². The van der Waals surface area contributed by atoms with Crippen LogP contribution in [0.1, 0.15) is 51.9 Å². The molecule has 154 valence electrons. The number of para-hydroxylation sites is 1. The summed E-state index contributed by atoms with van der Waals surface area (Å²) in [6.45, 7) is 22.5. The van der Waals surface area contributed by atoms with Crippen LogP contribution in [0.3, 0.4) is 0 Å². The Morgan fingerprint density at radius 1 is 0.852 bits per heavy atom. The highest BCUT2D eigenvalue weighted by molar-refractivity contribution is 6.75. The molecule has 0 aliphatic heterocycles. The maximum atomic E-state index is 12.6. The van der Waals surface area contributed by atoms with E-state index in [4.69, 9.17) is 13.6 Å². The van der Waals surface area contributed by atoms with E-state index in [1.807, 2.05) is 18.2 Å². The standard InChI is InChI=1S/C21H38O4Si2/c1-20(2,3)26(7,8)24-16-15-23-19(22)17-13-11-12-14-18(17)25-27(9,10)21(4,5)6/h11-14H,15-16H2,1-10H3. The van der Waals surface area contributed by atoms with Crippen LogP contribution in [0.2, 0.25) is 36.3 Å². The zero-order valence-electron chi connectivity index (χ0n) is 18.9. The second-order valence-electron chi connectivity index (χ2n) is 10.1. The topological polar surface area (TPSA) is 44.8 Å². The van der Waals surface area contributed by atoms with Gasteiger partial charge in [0.15, 0.2) is 8.32 Å². The van der Waals surface area contributed by atoms with E-state index in [9.17, 15) is 4.79 Å². The summed E-state index contributed by atoms with van der Waals surface area (Å²) in [6.07, 6.45) is 0. The van der Waals surface area contributed by atoms with Crippen LogP contribution < -0.4 is 4.43 Å². The molecule has 0 aliphatic rings. The number of esters is 1. The molecule has 0 fully saturated rings. The van der Waals surface area contributed by atoms with E-state index >= 15 is 0 Å². The Balaban J connectivity index is 2.75. The Labute approximate surface area is 167 Å². The van der Waals surface area contributed by atoms with Crippen LogP contribution in [0.15, 0.2) is 24.3 Å². The monoisotopic (exact) mass is 410 g/mol. The van der Waals surface area contributed by atoms with Crippen molar-refractivity contribution in [1.29, 1.82) is 0 Å². The number of hydrogen-bond donors (Lipinski definition) is 0. The number of carbonyl (C=O) groups excluding carboxylic acids is 1. The van der Waals surface area contributed by atoms with E-state index in [-0.39, 0.29) is 22.7 Å². The minimum Gasteiger partial charge on any atom is -0.543 e.